The van der Waals surface area contributed by atoms with E-state index in [-0.39, 0.29) is 23.6 Å². The Morgan fingerprint density at radius 2 is 1.88 bits per heavy atom. The summed E-state index contributed by atoms with van der Waals surface area (Å²) < 4.78 is 25.6. The van der Waals surface area contributed by atoms with Crippen LogP contribution in [-0.2, 0) is 36.5 Å². The maximum absolute atomic E-state index is 13.2. The number of likely N-dealkylation sites (tertiary alicyclic amines) is 1. The Labute approximate surface area is 197 Å². The minimum Gasteiger partial charge on any atom is -0.497 e. The van der Waals surface area contributed by atoms with Crippen molar-refractivity contribution in [3.05, 3.63) is 29.8 Å². The lowest BCUT2D eigenvalue weighted by Gasteiger charge is -2.32. The fraction of sp³-hybridized carbons (Fsp3) is 0.609. The molecule has 1 unspecified atom stereocenters. The lowest BCUT2D eigenvalue weighted by atomic mass is 9.94. The van der Waals surface area contributed by atoms with E-state index in [1.165, 1.54) is 7.11 Å². The molecule has 1 aromatic carbocycles. The van der Waals surface area contributed by atoms with E-state index in [2.05, 4.69) is 10.0 Å². The molecule has 1 aliphatic carbocycles. The van der Waals surface area contributed by atoms with Gasteiger partial charge in [0.15, 0.2) is 0 Å². The van der Waals surface area contributed by atoms with Crippen molar-refractivity contribution in [2.24, 2.45) is 5.92 Å². The van der Waals surface area contributed by atoms with Gasteiger partial charge >= 0.3 is 0 Å². The van der Waals surface area contributed by atoms with Crippen LogP contribution in [0.4, 0.5) is 0 Å². The van der Waals surface area contributed by atoms with Crippen LogP contribution >= 0.6 is 0 Å². The highest BCUT2D eigenvalue weighted by Crippen LogP contribution is 2.26. The quantitative estimate of drug-likeness (QED) is 0.431. The number of carbonyl (C=O) groups excluding carboxylic acids is 3. The second kappa shape index (κ2) is 11.6. The Bertz CT molecular complexity index is 860. The van der Waals surface area contributed by atoms with E-state index in [0.717, 1.165) is 37.7 Å². The van der Waals surface area contributed by atoms with Crippen LogP contribution < -0.4 is 14.8 Å². The van der Waals surface area contributed by atoms with Gasteiger partial charge in [0.25, 0.3) is 5.91 Å². The SMILES string of the molecule is COc1ccc(C[C@H](NC(=O)[C@H](C)[C@@H](OC)[C@@H]2CCCN2C=O)C(=O)NS(=O)C2CC2)cc1. The highest BCUT2D eigenvalue weighted by molar-refractivity contribution is 7.84. The van der Waals surface area contributed by atoms with E-state index in [1.54, 1.807) is 31.1 Å². The largest absolute Gasteiger partial charge is 0.497 e. The van der Waals surface area contributed by atoms with E-state index >= 15 is 0 Å². The lowest BCUT2D eigenvalue weighted by molar-refractivity contribution is -0.136. The minimum absolute atomic E-state index is 0.0141. The van der Waals surface area contributed by atoms with Gasteiger partial charge in [-0.1, -0.05) is 19.1 Å². The molecule has 1 aliphatic heterocycles. The summed E-state index contributed by atoms with van der Waals surface area (Å²) in [5.41, 5.74) is 0.826. The van der Waals surface area contributed by atoms with Crippen LogP contribution in [0.5, 0.6) is 5.75 Å². The second-order valence-electron chi connectivity index (χ2n) is 8.62. The molecular formula is C23H33N3O6S. The molecule has 1 aromatic rings. The molecule has 2 fully saturated rings. The van der Waals surface area contributed by atoms with Crippen molar-refractivity contribution in [2.45, 2.75) is 62.5 Å². The average Bonchev–Trinajstić information content (AvgIpc) is 3.58. The third kappa shape index (κ3) is 6.54. The molecule has 2 aliphatic rings. The lowest BCUT2D eigenvalue weighted by Crippen LogP contribution is -2.53. The number of nitrogens with zero attached hydrogens (tertiary/aromatic N) is 1. The van der Waals surface area contributed by atoms with Gasteiger partial charge in [-0.15, -0.1) is 0 Å². The van der Waals surface area contributed by atoms with E-state index in [0.29, 0.717) is 12.3 Å². The first-order valence-corrected chi connectivity index (χ1v) is 12.5. The number of nitrogens with one attached hydrogen (secondary N) is 2. The highest BCUT2D eigenvalue weighted by atomic mass is 32.2. The van der Waals surface area contributed by atoms with Crippen LogP contribution in [-0.4, -0.2) is 71.5 Å². The Hall–Kier alpha value is -2.46. The number of rotatable bonds is 12. The number of benzene rings is 1. The molecule has 5 atom stereocenters. The molecule has 2 N–H and O–H groups in total. The summed E-state index contributed by atoms with van der Waals surface area (Å²) in [5.74, 6) is -0.751. The molecule has 0 bridgehead atoms. The Morgan fingerprint density at radius 1 is 1.18 bits per heavy atom. The molecule has 1 saturated heterocycles. The summed E-state index contributed by atoms with van der Waals surface area (Å²) >= 11 is 0. The highest BCUT2D eigenvalue weighted by Gasteiger charge is 2.38. The van der Waals surface area contributed by atoms with Crippen LogP contribution in [0.15, 0.2) is 24.3 Å². The fourth-order valence-corrected chi connectivity index (χ4v) is 5.26. The molecule has 3 amide bonds. The molecule has 0 radical (unpaired) electrons. The number of ether oxygens (including phenoxy) is 2. The van der Waals surface area contributed by atoms with Gasteiger partial charge in [0.2, 0.25) is 12.3 Å². The summed E-state index contributed by atoms with van der Waals surface area (Å²) in [7, 11) is 1.64. The third-order valence-corrected chi connectivity index (χ3v) is 7.77. The van der Waals surface area contributed by atoms with Crippen LogP contribution in [0, 0.1) is 5.92 Å². The third-order valence-electron chi connectivity index (χ3n) is 6.30. The Morgan fingerprint density at radius 3 is 2.45 bits per heavy atom. The predicted octanol–water partition coefficient (Wildman–Crippen LogP) is 0.937. The second-order valence-corrected chi connectivity index (χ2v) is 10.1. The molecule has 182 valence electrons. The van der Waals surface area contributed by atoms with Gasteiger partial charge in [-0.25, -0.2) is 4.21 Å². The molecule has 1 saturated carbocycles. The monoisotopic (exact) mass is 479 g/mol. The van der Waals surface area contributed by atoms with Crippen LogP contribution in [0.2, 0.25) is 0 Å². The number of carbonyl (C=O) groups is 3. The molecule has 1 heterocycles. The summed E-state index contributed by atoms with van der Waals surface area (Å²) in [6, 6.07) is 6.12. The maximum Gasteiger partial charge on any atom is 0.254 e. The molecular weight excluding hydrogens is 446 g/mol. The van der Waals surface area contributed by atoms with Crippen molar-refractivity contribution in [2.75, 3.05) is 20.8 Å². The van der Waals surface area contributed by atoms with Crippen LogP contribution in [0.25, 0.3) is 0 Å². The number of hydrogen-bond acceptors (Lipinski definition) is 6. The summed E-state index contributed by atoms with van der Waals surface area (Å²) in [6.07, 6.45) is 3.78. The van der Waals surface area contributed by atoms with Gasteiger partial charge in [-0.2, -0.15) is 0 Å². The standard InChI is InChI=1S/C23H33N3O6S/c1-15(21(32-3)20-5-4-12-26(20)14-27)22(28)24-19(23(29)25-33(30)18-10-11-18)13-16-6-8-17(31-2)9-7-16/h6-9,14-15,18-21H,4-5,10-13H2,1-3H3,(H,24,28)(H,25,29)/t15-,19+,20+,21-,33?/m1/s1. The fourth-order valence-electron chi connectivity index (χ4n) is 4.19. The predicted molar refractivity (Wildman–Crippen MR) is 124 cm³/mol. The number of methoxy groups -OCH3 is 2. The van der Waals surface area contributed by atoms with Crippen LogP contribution in [0.3, 0.4) is 0 Å². The van der Waals surface area contributed by atoms with Crippen molar-refractivity contribution in [3.8, 4) is 5.75 Å². The average molecular weight is 480 g/mol. The zero-order valence-electron chi connectivity index (χ0n) is 19.3. The minimum atomic E-state index is -1.46. The summed E-state index contributed by atoms with van der Waals surface area (Å²) in [4.78, 5) is 39.1. The van der Waals surface area contributed by atoms with Crippen LogP contribution in [0.1, 0.15) is 38.2 Å². The first-order valence-electron chi connectivity index (χ1n) is 11.3. The molecule has 3 rings (SSSR count). The first-order chi connectivity index (χ1) is 15.9. The Kier molecular flexibility index (Phi) is 8.85. The molecule has 33 heavy (non-hydrogen) atoms. The van der Waals surface area contributed by atoms with E-state index < -0.39 is 35.0 Å². The van der Waals surface area contributed by atoms with Gasteiger partial charge < -0.3 is 19.7 Å². The van der Waals surface area contributed by atoms with Gasteiger partial charge in [-0.3, -0.25) is 19.1 Å². The van der Waals surface area contributed by atoms with Gasteiger partial charge in [0.1, 0.15) is 22.8 Å². The van der Waals surface area contributed by atoms with E-state index in [1.807, 2.05) is 12.1 Å². The number of hydrogen-bond donors (Lipinski definition) is 2. The zero-order chi connectivity index (χ0) is 24.0. The van der Waals surface area contributed by atoms with E-state index in [9.17, 15) is 18.6 Å². The van der Waals surface area contributed by atoms with Crippen molar-refractivity contribution in [1.82, 2.24) is 14.9 Å². The summed E-state index contributed by atoms with van der Waals surface area (Å²) in [5, 5.41) is 2.81. The Balaban J connectivity index is 1.72. The first kappa shape index (κ1) is 25.2. The maximum atomic E-state index is 13.2. The summed E-state index contributed by atoms with van der Waals surface area (Å²) in [6.45, 7) is 2.37. The molecule has 10 heteroatoms. The smallest absolute Gasteiger partial charge is 0.254 e. The van der Waals surface area contributed by atoms with E-state index in [4.69, 9.17) is 9.47 Å². The molecule has 0 aromatic heterocycles. The van der Waals surface area contributed by atoms with Crippen molar-refractivity contribution >= 4 is 29.2 Å². The van der Waals surface area contributed by atoms with Gasteiger partial charge in [0.05, 0.1) is 30.4 Å². The molecule has 0 spiro atoms. The number of amides is 3. The zero-order valence-corrected chi connectivity index (χ0v) is 20.1. The van der Waals surface area contributed by atoms with Gasteiger partial charge in [-0.05, 0) is 43.4 Å². The van der Waals surface area contributed by atoms with Gasteiger partial charge in [0, 0.05) is 20.1 Å². The molecule has 9 nitrogen and oxygen atoms in total. The normalized spacial score (nSPS) is 21.5. The van der Waals surface area contributed by atoms with Crippen molar-refractivity contribution < 1.29 is 28.1 Å². The van der Waals surface area contributed by atoms with Crippen molar-refractivity contribution in [3.63, 3.8) is 0 Å². The van der Waals surface area contributed by atoms with Crippen molar-refractivity contribution in [1.29, 1.82) is 0 Å². The topological polar surface area (TPSA) is 114 Å².